The first-order valence-corrected chi connectivity index (χ1v) is 7.15. The van der Waals surface area contributed by atoms with Crippen LogP contribution in [0.1, 0.15) is 36.5 Å². The number of hydrogen-bond acceptors (Lipinski definition) is 3. The molecule has 0 fully saturated rings. The van der Waals surface area contributed by atoms with Crippen molar-refractivity contribution in [2.24, 2.45) is 0 Å². The fraction of sp³-hybridized carbons (Fsp3) is 0.412. The topological polar surface area (TPSA) is 34.4 Å². The summed E-state index contributed by atoms with van der Waals surface area (Å²) in [4.78, 5) is 0. The molecule has 0 bridgehead atoms. The number of hydrogen-bond donors (Lipinski definition) is 1. The molecule has 1 N–H and O–H groups in total. The number of furan rings is 1. The summed E-state index contributed by atoms with van der Waals surface area (Å²) in [6.45, 7) is 5.14. The summed E-state index contributed by atoms with van der Waals surface area (Å²) in [6.07, 6.45) is 2.02. The molecule has 1 aromatic carbocycles. The number of nitrogens with one attached hydrogen (secondary N) is 1. The van der Waals surface area contributed by atoms with Gasteiger partial charge in [0, 0.05) is 0 Å². The molecule has 3 nitrogen and oxygen atoms in total. The summed E-state index contributed by atoms with van der Waals surface area (Å²) in [7, 11) is 1.69. The zero-order valence-electron chi connectivity index (χ0n) is 12.5. The van der Waals surface area contributed by atoms with Gasteiger partial charge >= 0.3 is 0 Å². The highest BCUT2D eigenvalue weighted by molar-refractivity contribution is 5.28. The van der Waals surface area contributed by atoms with E-state index < -0.39 is 0 Å². The van der Waals surface area contributed by atoms with Crippen LogP contribution in [0.2, 0.25) is 0 Å². The smallest absolute Gasteiger partial charge is 0.121 e. The Kier molecular flexibility index (Phi) is 5.24. The second kappa shape index (κ2) is 7.15. The largest absolute Gasteiger partial charge is 0.497 e. The summed E-state index contributed by atoms with van der Waals surface area (Å²) < 4.78 is 11.0. The van der Waals surface area contributed by atoms with E-state index in [2.05, 4.69) is 30.4 Å². The first kappa shape index (κ1) is 14.7. The molecule has 0 saturated carbocycles. The molecule has 0 aliphatic carbocycles. The molecule has 1 unspecified atom stereocenters. The highest BCUT2D eigenvalue weighted by Crippen LogP contribution is 2.22. The predicted octanol–water partition coefficient (Wildman–Crippen LogP) is 3.88. The zero-order valence-corrected chi connectivity index (χ0v) is 12.5. The van der Waals surface area contributed by atoms with Gasteiger partial charge in [-0.25, -0.2) is 0 Å². The number of methoxy groups -OCH3 is 1. The molecule has 1 atom stereocenters. The minimum Gasteiger partial charge on any atom is -0.497 e. The van der Waals surface area contributed by atoms with Crippen molar-refractivity contribution in [2.75, 3.05) is 13.7 Å². The fourth-order valence-electron chi connectivity index (χ4n) is 2.23. The highest BCUT2D eigenvalue weighted by Gasteiger charge is 2.15. The van der Waals surface area contributed by atoms with Crippen LogP contribution in [0.25, 0.3) is 0 Å². The minimum atomic E-state index is 0.219. The molecule has 0 amide bonds. The van der Waals surface area contributed by atoms with Crippen LogP contribution in [0, 0.1) is 6.92 Å². The molecule has 2 rings (SSSR count). The van der Waals surface area contributed by atoms with Gasteiger partial charge in [0.25, 0.3) is 0 Å². The first-order chi connectivity index (χ1) is 9.72. The van der Waals surface area contributed by atoms with Crippen LogP contribution in [0.5, 0.6) is 5.75 Å². The van der Waals surface area contributed by atoms with Gasteiger partial charge in [-0.05, 0) is 56.1 Å². The Labute approximate surface area is 121 Å². The molecular weight excluding hydrogens is 250 g/mol. The number of ether oxygens (including phenoxy) is 1. The molecular formula is C17H23NO2. The molecule has 20 heavy (non-hydrogen) atoms. The van der Waals surface area contributed by atoms with E-state index in [1.165, 1.54) is 5.56 Å². The van der Waals surface area contributed by atoms with Crippen molar-refractivity contribution in [1.82, 2.24) is 5.32 Å². The van der Waals surface area contributed by atoms with Crippen LogP contribution in [0.3, 0.4) is 0 Å². The lowest BCUT2D eigenvalue weighted by molar-refractivity contribution is 0.397. The SMILES string of the molecule is CCCNC(Cc1ccc(OC)cc1)c1ccc(C)o1. The monoisotopic (exact) mass is 273 g/mol. The van der Waals surface area contributed by atoms with E-state index >= 15 is 0 Å². The molecule has 3 heteroatoms. The third kappa shape index (κ3) is 3.87. The first-order valence-electron chi connectivity index (χ1n) is 7.15. The van der Waals surface area contributed by atoms with Crippen LogP contribution in [0.15, 0.2) is 40.8 Å². The van der Waals surface area contributed by atoms with Crippen molar-refractivity contribution in [3.63, 3.8) is 0 Å². The third-order valence-corrected chi connectivity index (χ3v) is 3.34. The standard InChI is InChI=1S/C17H23NO2/c1-4-11-18-16(17-10-5-13(2)20-17)12-14-6-8-15(19-3)9-7-14/h5-10,16,18H,4,11-12H2,1-3H3. The van der Waals surface area contributed by atoms with E-state index in [-0.39, 0.29) is 6.04 Å². The van der Waals surface area contributed by atoms with Crippen LogP contribution >= 0.6 is 0 Å². The van der Waals surface area contributed by atoms with E-state index in [4.69, 9.17) is 9.15 Å². The average Bonchev–Trinajstić information content (AvgIpc) is 2.90. The van der Waals surface area contributed by atoms with Gasteiger partial charge in [0.05, 0.1) is 13.2 Å². The predicted molar refractivity (Wildman–Crippen MR) is 81.2 cm³/mol. The summed E-state index contributed by atoms with van der Waals surface area (Å²) in [6, 6.07) is 12.5. The van der Waals surface area contributed by atoms with Crippen molar-refractivity contribution < 1.29 is 9.15 Å². The van der Waals surface area contributed by atoms with E-state index in [0.717, 1.165) is 36.7 Å². The molecule has 0 aliphatic heterocycles. The molecule has 108 valence electrons. The quantitative estimate of drug-likeness (QED) is 0.831. The van der Waals surface area contributed by atoms with E-state index in [9.17, 15) is 0 Å². The Hall–Kier alpha value is -1.74. The van der Waals surface area contributed by atoms with Crippen LogP contribution < -0.4 is 10.1 Å². The Morgan fingerprint density at radius 2 is 1.90 bits per heavy atom. The normalized spacial score (nSPS) is 12.3. The number of rotatable bonds is 7. The van der Waals surface area contributed by atoms with E-state index in [1.807, 2.05) is 25.1 Å². The lowest BCUT2D eigenvalue weighted by Gasteiger charge is -2.16. The second-order valence-electron chi connectivity index (χ2n) is 5.01. The average molecular weight is 273 g/mol. The van der Waals surface area contributed by atoms with Gasteiger partial charge in [0.15, 0.2) is 0 Å². The second-order valence-corrected chi connectivity index (χ2v) is 5.01. The van der Waals surface area contributed by atoms with Gasteiger partial charge in [-0.2, -0.15) is 0 Å². The van der Waals surface area contributed by atoms with E-state index in [0.29, 0.717) is 0 Å². The maximum Gasteiger partial charge on any atom is 0.121 e. The lowest BCUT2D eigenvalue weighted by Crippen LogP contribution is -2.23. The van der Waals surface area contributed by atoms with Gasteiger partial charge < -0.3 is 14.5 Å². The lowest BCUT2D eigenvalue weighted by atomic mass is 10.0. The van der Waals surface area contributed by atoms with Crippen LogP contribution in [0.4, 0.5) is 0 Å². The van der Waals surface area contributed by atoms with Crippen molar-refractivity contribution in [2.45, 2.75) is 32.7 Å². The number of aryl methyl sites for hydroxylation is 1. The summed E-state index contributed by atoms with van der Waals surface area (Å²) >= 11 is 0. The van der Waals surface area contributed by atoms with E-state index in [1.54, 1.807) is 7.11 Å². The third-order valence-electron chi connectivity index (χ3n) is 3.34. The highest BCUT2D eigenvalue weighted by atomic mass is 16.5. The van der Waals surface area contributed by atoms with Crippen molar-refractivity contribution >= 4 is 0 Å². The van der Waals surface area contributed by atoms with Crippen molar-refractivity contribution in [1.29, 1.82) is 0 Å². The Morgan fingerprint density at radius 3 is 2.45 bits per heavy atom. The van der Waals surface area contributed by atoms with Gasteiger partial charge in [0.1, 0.15) is 17.3 Å². The Morgan fingerprint density at radius 1 is 1.15 bits per heavy atom. The van der Waals surface area contributed by atoms with Gasteiger partial charge in [-0.1, -0.05) is 19.1 Å². The van der Waals surface area contributed by atoms with Crippen LogP contribution in [-0.2, 0) is 6.42 Å². The van der Waals surface area contributed by atoms with Crippen molar-refractivity contribution in [3.8, 4) is 5.75 Å². The molecule has 0 aliphatic rings. The summed E-state index contributed by atoms with van der Waals surface area (Å²) in [5, 5.41) is 3.55. The Balaban J connectivity index is 2.10. The number of benzene rings is 1. The zero-order chi connectivity index (χ0) is 14.4. The summed E-state index contributed by atoms with van der Waals surface area (Å²) in [5.41, 5.74) is 1.27. The minimum absolute atomic E-state index is 0.219. The van der Waals surface area contributed by atoms with Gasteiger partial charge in [-0.3, -0.25) is 0 Å². The maximum atomic E-state index is 5.77. The molecule has 2 aromatic rings. The maximum absolute atomic E-state index is 5.77. The fourth-order valence-corrected chi connectivity index (χ4v) is 2.23. The van der Waals surface area contributed by atoms with Gasteiger partial charge in [-0.15, -0.1) is 0 Å². The molecule has 0 saturated heterocycles. The van der Waals surface area contributed by atoms with Crippen LogP contribution in [-0.4, -0.2) is 13.7 Å². The molecule has 0 spiro atoms. The molecule has 1 aromatic heterocycles. The Bertz CT molecular complexity index is 516. The van der Waals surface area contributed by atoms with Crippen molar-refractivity contribution in [3.05, 3.63) is 53.5 Å². The summed E-state index contributed by atoms with van der Waals surface area (Å²) in [5.74, 6) is 2.85. The molecule has 0 radical (unpaired) electrons. The van der Waals surface area contributed by atoms with Gasteiger partial charge in [0.2, 0.25) is 0 Å². The molecule has 1 heterocycles.